The van der Waals surface area contributed by atoms with Crippen molar-refractivity contribution < 1.29 is 9.53 Å². The van der Waals surface area contributed by atoms with E-state index in [1.54, 1.807) is 30.2 Å². The van der Waals surface area contributed by atoms with Gasteiger partial charge in [-0.1, -0.05) is 35.3 Å². The molecule has 0 spiro atoms. The van der Waals surface area contributed by atoms with Gasteiger partial charge in [0.25, 0.3) is 0 Å². The first-order valence-corrected chi connectivity index (χ1v) is 7.46. The molecule has 1 aliphatic rings. The van der Waals surface area contributed by atoms with Gasteiger partial charge in [-0.2, -0.15) is 0 Å². The molecule has 2 unspecified atom stereocenters. The lowest BCUT2D eigenvalue weighted by atomic mass is 9.88. The molecule has 22 heavy (non-hydrogen) atoms. The standard InChI is InChI=1S/C16H14Cl2N2O2/c1-22-11-5-2-9(3-6-11)15-14(19)16(21)20(15)10-4-7-12(17)13(18)8-10/h2-8,14-15H,19H2,1H3. The summed E-state index contributed by atoms with van der Waals surface area (Å²) in [6.07, 6.45) is 0. The van der Waals surface area contributed by atoms with Crippen molar-refractivity contribution in [2.75, 3.05) is 12.0 Å². The molecular formula is C16H14Cl2N2O2. The quantitative estimate of drug-likeness (QED) is 0.873. The Morgan fingerprint density at radius 1 is 1.09 bits per heavy atom. The average molecular weight is 337 g/mol. The van der Waals surface area contributed by atoms with Crippen molar-refractivity contribution in [2.45, 2.75) is 12.1 Å². The van der Waals surface area contributed by atoms with E-state index >= 15 is 0 Å². The zero-order valence-corrected chi connectivity index (χ0v) is 13.3. The molecule has 0 aliphatic carbocycles. The lowest BCUT2D eigenvalue weighted by molar-refractivity contribution is -0.126. The van der Waals surface area contributed by atoms with Crippen LogP contribution in [0.5, 0.6) is 5.75 Å². The van der Waals surface area contributed by atoms with Gasteiger partial charge in [-0.3, -0.25) is 4.79 Å². The van der Waals surface area contributed by atoms with Crippen LogP contribution in [0.15, 0.2) is 42.5 Å². The van der Waals surface area contributed by atoms with Gasteiger partial charge in [0, 0.05) is 5.69 Å². The van der Waals surface area contributed by atoms with Crippen molar-refractivity contribution in [1.82, 2.24) is 0 Å². The Labute approximate surface area is 138 Å². The lowest BCUT2D eigenvalue weighted by Crippen LogP contribution is -2.63. The van der Waals surface area contributed by atoms with Crippen LogP contribution in [-0.4, -0.2) is 19.1 Å². The summed E-state index contributed by atoms with van der Waals surface area (Å²) in [6, 6.07) is 11.8. The highest BCUT2D eigenvalue weighted by Gasteiger charge is 2.46. The highest BCUT2D eigenvalue weighted by molar-refractivity contribution is 6.42. The molecule has 1 fully saturated rings. The predicted octanol–water partition coefficient (Wildman–Crippen LogP) is 3.42. The summed E-state index contributed by atoms with van der Waals surface area (Å²) in [6.45, 7) is 0. The number of hydrogen-bond acceptors (Lipinski definition) is 3. The third-order valence-electron chi connectivity index (χ3n) is 3.78. The lowest BCUT2D eigenvalue weighted by Gasteiger charge is -2.45. The molecule has 1 amide bonds. The van der Waals surface area contributed by atoms with E-state index < -0.39 is 6.04 Å². The summed E-state index contributed by atoms with van der Waals surface area (Å²) in [4.78, 5) is 13.8. The number of carbonyl (C=O) groups excluding carboxylic acids is 1. The van der Waals surface area contributed by atoms with Crippen LogP contribution < -0.4 is 15.4 Å². The minimum atomic E-state index is -0.567. The van der Waals surface area contributed by atoms with E-state index in [0.29, 0.717) is 15.7 Å². The van der Waals surface area contributed by atoms with Crippen LogP contribution in [0, 0.1) is 0 Å². The minimum absolute atomic E-state index is 0.140. The van der Waals surface area contributed by atoms with Crippen LogP contribution in [0.1, 0.15) is 11.6 Å². The number of methoxy groups -OCH3 is 1. The number of rotatable bonds is 3. The van der Waals surface area contributed by atoms with Gasteiger partial charge in [0.1, 0.15) is 11.8 Å². The van der Waals surface area contributed by atoms with Gasteiger partial charge in [0.05, 0.1) is 23.2 Å². The SMILES string of the molecule is COc1ccc(C2C(N)C(=O)N2c2ccc(Cl)c(Cl)c2)cc1. The molecule has 1 heterocycles. The van der Waals surface area contributed by atoms with Crippen LogP contribution in [-0.2, 0) is 4.79 Å². The van der Waals surface area contributed by atoms with E-state index in [4.69, 9.17) is 33.7 Å². The Kier molecular flexibility index (Phi) is 4.00. The molecule has 3 rings (SSSR count). The van der Waals surface area contributed by atoms with Gasteiger partial charge in [-0.25, -0.2) is 0 Å². The summed E-state index contributed by atoms with van der Waals surface area (Å²) in [5.41, 5.74) is 7.61. The Hall–Kier alpha value is -1.75. The largest absolute Gasteiger partial charge is 0.497 e. The number of hydrogen-bond donors (Lipinski definition) is 1. The van der Waals surface area contributed by atoms with Crippen molar-refractivity contribution in [3.8, 4) is 5.75 Å². The number of carbonyl (C=O) groups is 1. The molecule has 2 aromatic carbocycles. The maximum absolute atomic E-state index is 12.2. The first kappa shape index (κ1) is 15.2. The molecule has 0 saturated carbocycles. The number of anilines is 1. The average Bonchev–Trinajstić information content (AvgIpc) is 2.54. The van der Waals surface area contributed by atoms with Gasteiger partial charge < -0.3 is 15.4 Å². The maximum atomic E-state index is 12.2. The Morgan fingerprint density at radius 2 is 1.77 bits per heavy atom. The highest BCUT2D eigenvalue weighted by Crippen LogP contribution is 2.40. The number of amides is 1. The molecule has 2 atom stereocenters. The van der Waals surface area contributed by atoms with Crippen molar-refractivity contribution in [1.29, 1.82) is 0 Å². The Bertz CT molecular complexity index is 719. The molecule has 0 bridgehead atoms. The summed E-state index contributed by atoms with van der Waals surface area (Å²) >= 11 is 12.0. The number of β-lactam (4-membered cyclic amide) rings is 1. The van der Waals surface area contributed by atoms with E-state index in [1.165, 1.54) is 0 Å². The first-order chi connectivity index (χ1) is 10.5. The number of nitrogens with two attached hydrogens (primary N) is 1. The molecule has 0 radical (unpaired) electrons. The summed E-state index contributed by atoms with van der Waals surface area (Å²) < 4.78 is 5.15. The molecular weight excluding hydrogens is 323 g/mol. The van der Waals surface area contributed by atoms with Gasteiger partial charge in [0.2, 0.25) is 5.91 Å². The van der Waals surface area contributed by atoms with Gasteiger partial charge >= 0.3 is 0 Å². The van der Waals surface area contributed by atoms with E-state index in [9.17, 15) is 4.79 Å². The van der Waals surface area contributed by atoms with E-state index in [1.807, 2.05) is 24.3 Å². The fraction of sp³-hybridized carbons (Fsp3) is 0.188. The van der Waals surface area contributed by atoms with Gasteiger partial charge in [-0.15, -0.1) is 0 Å². The molecule has 4 nitrogen and oxygen atoms in total. The molecule has 1 aliphatic heterocycles. The number of ether oxygens (including phenoxy) is 1. The number of halogens is 2. The van der Waals surface area contributed by atoms with Crippen molar-refractivity contribution in [2.24, 2.45) is 5.73 Å². The van der Waals surface area contributed by atoms with E-state index in [0.717, 1.165) is 11.3 Å². The molecule has 2 N–H and O–H groups in total. The van der Waals surface area contributed by atoms with Crippen LogP contribution >= 0.6 is 23.2 Å². The van der Waals surface area contributed by atoms with Crippen LogP contribution in [0.4, 0.5) is 5.69 Å². The fourth-order valence-corrected chi connectivity index (χ4v) is 2.88. The van der Waals surface area contributed by atoms with Crippen LogP contribution in [0.2, 0.25) is 10.0 Å². The van der Waals surface area contributed by atoms with E-state index in [-0.39, 0.29) is 11.9 Å². The molecule has 6 heteroatoms. The van der Waals surface area contributed by atoms with Crippen LogP contribution in [0.3, 0.4) is 0 Å². The third-order valence-corrected chi connectivity index (χ3v) is 4.52. The summed E-state index contributed by atoms with van der Waals surface area (Å²) in [5.74, 6) is 0.614. The summed E-state index contributed by atoms with van der Waals surface area (Å²) in [7, 11) is 1.61. The highest BCUT2D eigenvalue weighted by atomic mass is 35.5. The number of benzene rings is 2. The second-order valence-corrected chi connectivity index (χ2v) is 5.86. The van der Waals surface area contributed by atoms with Gasteiger partial charge in [-0.05, 0) is 35.9 Å². The smallest absolute Gasteiger partial charge is 0.247 e. The van der Waals surface area contributed by atoms with Crippen molar-refractivity contribution in [3.05, 3.63) is 58.1 Å². The second kappa shape index (κ2) is 5.80. The second-order valence-electron chi connectivity index (χ2n) is 5.05. The Morgan fingerprint density at radius 3 is 2.36 bits per heavy atom. The Balaban J connectivity index is 1.95. The fourth-order valence-electron chi connectivity index (χ4n) is 2.59. The normalized spacial score (nSPS) is 20.7. The monoisotopic (exact) mass is 336 g/mol. The molecule has 1 saturated heterocycles. The molecule has 0 aromatic heterocycles. The van der Waals surface area contributed by atoms with E-state index in [2.05, 4.69) is 0 Å². The van der Waals surface area contributed by atoms with Crippen LogP contribution in [0.25, 0.3) is 0 Å². The molecule has 114 valence electrons. The summed E-state index contributed by atoms with van der Waals surface area (Å²) in [5, 5.41) is 0.851. The number of nitrogens with zero attached hydrogens (tertiary/aromatic N) is 1. The first-order valence-electron chi connectivity index (χ1n) is 6.70. The van der Waals surface area contributed by atoms with Gasteiger partial charge in [0.15, 0.2) is 0 Å². The topological polar surface area (TPSA) is 55.6 Å². The minimum Gasteiger partial charge on any atom is -0.497 e. The van der Waals surface area contributed by atoms with Crippen molar-refractivity contribution in [3.63, 3.8) is 0 Å². The zero-order valence-electron chi connectivity index (χ0n) is 11.8. The van der Waals surface area contributed by atoms with Crippen molar-refractivity contribution >= 4 is 34.8 Å². The predicted molar refractivity (Wildman–Crippen MR) is 87.7 cm³/mol. The third kappa shape index (κ3) is 2.43. The zero-order chi connectivity index (χ0) is 15.9. The maximum Gasteiger partial charge on any atom is 0.247 e. The molecule has 2 aromatic rings.